The molecule has 4 aliphatic carbocycles. The van der Waals surface area contributed by atoms with Crippen LogP contribution in [0.4, 0.5) is 5.00 Å². The lowest BCUT2D eigenvalue weighted by molar-refractivity contribution is -0.0718. The van der Waals surface area contributed by atoms with Crippen LogP contribution in [0.25, 0.3) is 10.4 Å². The van der Waals surface area contributed by atoms with Crippen molar-refractivity contribution in [2.45, 2.75) is 64.3 Å². The van der Waals surface area contributed by atoms with E-state index >= 15 is 0 Å². The normalized spacial score (nSPS) is 28.4. The van der Waals surface area contributed by atoms with Gasteiger partial charge in [-0.05, 0) is 92.0 Å². The Labute approximate surface area is 206 Å². The van der Waals surface area contributed by atoms with Crippen molar-refractivity contribution in [2.24, 2.45) is 23.2 Å². The Bertz CT molecular complexity index is 981. The molecule has 1 heterocycles. The van der Waals surface area contributed by atoms with Gasteiger partial charge in [0.05, 0.1) is 12.7 Å². The zero-order valence-electron chi connectivity index (χ0n) is 19.6. The molecule has 0 aliphatic heterocycles. The standard InChI is InChI=1S/C27H34N2O2S2/c1-3-7-23(27-14-17-10-18(15-27)12-19(11-17)16-27)28-26(32)29-24-21(25(30)31-2)13-22(33-24)20-8-5-4-6-9-20/h4-6,8-9,13,17-19,23H,3,7,10-12,14-16H2,1-2H3,(H2,28,29,32). The van der Waals surface area contributed by atoms with Crippen LogP contribution in [0, 0.1) is 23.2 Å². The molecule has 0 spiro atoms. The number of anilines is 1. The highest BCUT2D eigenvalue weighted by molar-refractivity contribution is 7.80. The van der Waals surface area contributed by atoms with Crippen LogP contribution in [0.3, 0.4) is 0 Å². The molecule has 1 atom stereocenters. The molecule has 4 saturated carbocycles. The van der Waals surface area contributed by atoms with E-state index in [0.717, 1.165) is 46.0 Å². The van der Waals surface area contributed by atoms with Gasteiger partial charge < -0.3 is 15.4 Å². The SMILES string of the molecule is CCCC(NC(=S)Nc1sc(-c2ccccc2)cc1C(=O)OC)C12CC3CC(CC(C3)C1)C2. The van der Waals surface area contributed by atoms with Gasteiger partial charge in [0.25, 0.3) is 0 Å². The zero-order valence-corrected chi connectivity index (χ0v) is 21.2. The lowest BCUT2D eigenvalue weighted by atomic mass is 9.47. The number of thiophene rings is 1. The molecule has 1 unspecified atom stereocenters. The van der Waals surface area contributed by atoms with Crippen molar-refractivity contribution in [1.29, 1.82) is 0 Å². The number of benzene rings is 1. The summed E-state index contributed by atoms with van der Waals surface area (Å²) in [6.45, 7) is 2.27. The van der Waals surface area contributed by atoms with Gasteiger partial charge in [0.2, 0.25) is 0 Å². The Kier molecular flexibility index (Phi) is 6.49. The Morgan fingerprint density at radius 3 is 2.36 bits per heavy atom. The lowest BCUT2D eigenvalue weighted by Crippen LogP contribution is -2.57. The fourth-order valence-corrected chi connectivity index (χ4v) is 8.58. The van der Waals surface area contributed by atoms with E-state index in [1.54, 1.807) is 11.3 Å². The number of methoxy groups -OCH3 is 1. The molecule has 33 heavy (non-hydrogen) atoms. The van der Waals surface area contributed by atoms with Gasteiger partial charge in [-0.15, -0.1) is 11.3 Å². The second-order valence-corrected chi connectivity index (χ2v) is 11.9. The van der Waals surface area contributed by atoms with Crippen molar-refractivity contribution >= 4 is 39.6 Å². The fraction of sp³-hybridized carbons (Fsp3) is 0.556. The summed E-state index contributed by atoms with van der Waals surface area (Å²) in [6.07, 6.45) is 10.7. The van der Waals surface area contributed by atoms with Crippen LogP contribution in [0.5, 0.6) is 0 Å². The molecule has 2 N–H and O–H groups in total. The zero-order chi connectivity index (χ0) is 23.0. The maximum Gasteiger partial charge on any atom is 0.340 e. The van der Waals surface area contributed by atoms with Crippen LogP contribution in [0.2, 0.25) is 0 Å². The van der Waals surface area contributed by atoms with E-state index in [1.165, 1.54) is 45.6 Å². The van der Waals surface area contributed by atoms with Gasteiger partial charge in [-0.2, -0.15) is 0 Å². The molecule has 0 radical (unpaired) electrons. The largest absolute Gasteiger partial charge is 0.465 e. The maximum absolute atomic E-state index is 12.5. The molecule has 4 fully saturated rings. The predicted molar refractivity (Wildman–Crippen MR) is 140 cm³/mol. The highest BCUT2D eigenvalue weighted by Crippen LogP contribution is 2.61. The van der Waals surface area contributed by atoms with Gasteiger partial charge >= 0.3 is 5.97 Å². The number of ether oxygens (including phenoxy) is 1. The second kappa shape index (κ2) is 9.38. The Morgan fingerprint density at radius 2 is 1.79 bits per heavy atom. The Hall–Kier alpha value is -1.92. The molecular weight excluding hydrogens is 448 g/mol. The van der Waals surface area contributed by atoms with E-state index in [2.05, 4.69) is 29.7 Å². The third kappa shape index (κ3) is 4.57. The number of carbonyl (C=O) groups excluding carboxylic acids is 1. The van der Waals surface area contributed by atoms with Gasteiger partial charge in [-0.1, -0.05) is 43.7 Å². The smallest absolute Gasteiger partial charge is 0.340 e. The average Bonchev–Trinajstić information content (AvgIpc) is 3.21. The van der Waals surface area contributed by atoms with Crippen molar-refractivity contribution in [3.05, 3.63) is 42.0 Å². The molecule has 0 amide bonds. The predicted octanol–water partition coefficient (Wildman–Crippen LogP) is 6.87. The first-order valence-corrected chi connectivity index (χ1v) is 13.6. The van der Waals surface area contributed by atoms with Gasteiger partial charge in [0.15, 0.2) is 5.11 Å². The topological polar surface area (TPSA) is 50.4 Å². The number of hydrogen-bond acceptors (Lipinski definition) is 4. The summed E-state index contributed by atoms with van der Waals surface area (Å²) in [6, 6.07) is 12.4. The second-order valence-electron chi connectivity index (χ2n) is 10.4. The molecule has 4 aliphatic rings. The molecular formula is C27H34N2O2S2. The summed E-state index contributed by atoms with van der Waals surface area (Å²) >= 11 is 7.37. The minimum Gasteiger partial charge on any atom is -0.465 e. The van der Waals surface area contributed by atoms with Gasteiger partial charge in [-0.25, -0.2) is 4.79 Å². The fourth-order valence-electron chi connectivity index (χ4n) is 7.21. The first-order valence-electron chi connectivity index (χ1n) is 12.3. The van der Waals surface area contributed by atoms with Gasteiger partial charge in [-0.3, -0.25) is 0 Å². The average molecular weight is 483 g/mol. The summed E-state index contributed by atoms with van der Waals surface area (Å²) in [7, 11) is 1.42. The third-order valence-corrected chi connectivity index (χ3v) is 9.45. The van der Waals surface area contributed by atoms with Crippen molar-refractivity contribution in [1.82, 2.24) is 5.32 Å². The number of nitrogens with one attached hydrogen (secondary N) is 2. The molecule has 6 heteroatoms. The summed E-state index contributed by atoms with van der Waals surface area (Å²) in [5, 5.41) is 8.48. The van der Waals surface area contributed by atoms with E-state index in [0.29, 0.717) is 22.1 Å². The van der Waals surface area contributed by atoms with E-state index in [4.69, 9.17) is 17.0 Å². The van der Waals surface area contributed by atoms with Crippen molar-refractivity contribution < 1.29 is 9.53 Å². The summed E-state index contributed by atoms with van der Waals surface area (Å²) in [5.41, 5.74) is 2.00. The molecule has 6 rings (SSSR count). The molecule has 4 nitrogen and oxygen atoms in total. The van der Waals surface area contributed by atoms with Crippen LogP contribution in [-0.2, 0) is 4.74 Å². The minimum atomic E-state index is -0.343. The molecule has 4 bridgehead atoms. The Morgan fingerprint density at radius 1 is 1.15 bits per heavy atom. The van der Waals surface area contributed by atoms with E-state index in [9.17, 15) is 4.79 Å². The molecule has 0 saturated heterocycles. The number of rotatable bonds is 7. The van der Waals surface area contributed by atoms with Gasteiger partial charge in [0.1, 0.15) is 5.00 Å². The van der Waals surface area contributed by atoms with E-state index in [-0.39, 0.29) is 5.97 Å². The van der Waals surface area contributed by atoms with Crippen LogP contribution in [-0.4, -0.2) is 24.2 Å². The first kappa shape index (κ1) is 22.9. The summed E-state index contributed by atoms with van der Waals surface area (Å²) in [5.74, 6) is 2.40. The quantitative estimate of drug-likeness (QED) is 0.333. The van der Waals surface area contributed by atoms with Crippen LogP contribution >= 0.6 is 23.6 Å². The number of esters is 1. The highest BCUT2D eigenvalue weighted by atomic mass is 32.1. The molecule has 1 aromatic heterocycles. The monoisotopic (exact) mass is 482 g/mol. The van der Waals surface area contributed by atoms with Crippen molar-refractivity contribution in [3.8, 4) is 10.4 Å². The molecule has 1 aromatic carbocycles. The molecule has 176 valence electrons. The maximum atomic E-state index is 12.5. The Balaban J connectivity index is 1.35. The first-order chi connectivity index (χ1) is 16.0. The number of thiocarbonyl (C=S) groups is 1. The minimum absolute atomic E-state index is 0.343. The third-order valence-electron chi connectivity index (χ3n) is 8.13. The van der Waals surface area contributed by atoms with Crippen molar-refractivity contribution in [2.75, 3.05) is 12.4 Å². The van der Waals surface area contributed by atoms with Crippen molar-refractivity contribution in [3.63, 3.8) is 0 Å². The van der Waals surface area contributed by atoms with E-state index < -0.39 is 0 Å². The summed E-state index contributed by atoms with van der Waals surface area (Å²) in [4.78, 5) is 13.5. The van der Waals surface area contributed by atoms with Gasteiger partial charge in [0, 0.05) is 10.9 Å². The van der Waals surface area contributed by atoms with Crippen LogP contribution in [0.1, 0.15) is 68.6 Å². The van der Waals surface area contributed by atoms with Crippen LogP contribution < -0.4 is 10.6 Å². The van der Waals surface area contributed by atoms with Crippen LogP contribution in [0.15, 0.2) is 36.4 Å². The molecule has 2 aromatic rings. The number of carbonyl (C=O) groups is 1. The summed E-state index contributed by atoms with van der Waals surface area (Å²) < 4.78 is 5.06. The highest BCUT2D eigenvalue weighted by Gasteiger charge is 2.54. The lowest BCUT2D eigenvalue weighted by Gasteiger charge is -2.59. The number of hydrogen-bond donors (Lipinski definition) is 2. The van der Waals surface area contributed by atoms with E-state index in [1.807, 2.05) is 24.3 Å².